The molecule has 0 saturated heterocycles. The molecule has 2 nitrogen and oxygen atoms in total. The Kier molecular flexibility index (Phi) is 2.60. The first-order chi connectivity index (χ1) is 3.18. The van der Waals surface area contributed by atoms with Gasteiger partial charge in [0, 0.05) is 0 Å². The van der Waals surface area contributed by atoms with E-state index in [0.29, 0.717) is 12.7 Å². The van der Waals surface area contributed by atoms with E-state index in [0.717, 1.165) is 0 Å². The van der Waals surface area contributed by atoms with Crippen LogP contribution in [0, 0.1) is 0 Å². The zero-order chi connectivity index (χ0) is 5.86. The van der Waals surface area contributed by atoms with Crippen LogP contribution < -0.4 is 5.73 Å². The Morgan fingerprint density at radius 1 is 1.71 bits per heavy atom. The Balaban J connectivity index is 3.35. The fraction of sp³-hybridized carbons (Fsp3) is 0.800. The molecule has 0 aromatic rings. The molecule has 0 aromatic carbocycles. The molecular formula is C5H13N2+. The Labute approximate surface area is 44.6 Å². The van der Waals surface area contributed by atoms with Gasteiger partial charge in [-0.15, -0.1) is 0 Å². The number of hydrogen-bond donors (Lipinski definition) is 1. The lowest BCUT2D eigenvalue weighted by atomic mass is 10.4. The van der Waals surface area contributed by atoms with Gasteiger partial charge in [0.15, 0.2) is 6.67 Å². The van der Waals surface area contributed by atoms with Crippen molar-refractivity contribution in [2.45, 2.75) is 19.9 Å². The van der Waals surface area contributed by atoms with Gasteiger partial charge in [-0.1, -0.05) is 0 Å². The summed E-state index contributed by atoms with van der Waals surface area (Å²) in [5.74, 6) is 0. The summed E-state index contributed by atoms with van der Waals surface area (Å²) in [6, 6.07) is 0.463. The highest BCUT2D eigenvalue weighted by Gasteiger charge is 1.99. The van der Waals surface area contributed by atoms with E-state index in [4.69, 9.17) is 5.73 Å². The summed E-state index contributed by atoms with van der Waals surface area (Å²) < 4.78 is 1.82. The molecule has 0 saturated carbocycles. The molecule has 42 valence electrons. The lowest BCUT2D eigenvalue weighted by molar-refractivity contribution is -0.549. The van der Waals surface area contributed by atoms with Crippen molar-refractivity contribution in [1.29, 1.82) is 0 Å². The van der Waals surface area contributed by atoms with E-state index in [1.165, 1.54) is 0 Å². The summed E-state index contributed by atoms with van der Waals surface area (Å²) in [5.41, 5.74) is 5.24. The SMILES string of the molecule is C=[N+](CN)C(C)C. The van der Waals surface area contributed by atoms with Crippen molar-refractivity contribution in [3.8, 4) is 0 Å². The second-order valence-electron chi connectivity index (χ2n) is 1.87. The first-order valence-electron chi connectivity index (χ1n) is 2.45. The molecular weight excluding hydrogens is 88.1 g/mol. The van der Waals surface area contributed by atoms with E-state index in [2.05, 4.69) is 20.6 Å². The normalized spacial score (nSPS) is 9.71. The van der Waals surface area contributed by atoms with Crippen molar-refractivity contribution >= 4 is 6.72 Å². The van der Waals surface area contributed by atoms with Crippen molar-refractivity contribution in [2.24, 2.45) is 5.73 Å². The van der Waals surface area contributed by atoms with Crippen LogP contribution in [0.5, 0.6) is 0 Å². The van der Waals surface area contributed by atoms with Crippen LogP contribution in [0.2, 0.25) is 0 Å². The fourth-order valence-corrected chi connectivity index (χ4v) is 0.211. The van der Waals surface area contributed by atoms with Crippen LogP contribution in [-0.2, 0) is 0 Å². The Morgan fingerprint density at radius 3 is 2.14 bits per heavy atom. The van der Waals surface area contributed by atoms with Gasteiger partial charge in [-0.2, -0.15) is 0 Å². The predicted octanol–water partition coefficient (Wildman–Crippen LogP) is 0.0241. The van der Waals surface area contributed by atoms with E-state index in [1.54, 1.807) is 0 Å². The number of hydrogen-bond acceptors (Lipinski definition) is 1. The largest absolute Gasteiger partial charge is 0.276 e. The number of nitrogens with zero attached hydrogens (tertiary/aromatic N) is 1. The fourth-order valence-electron chi connectivity index (χ4n) is 0.211. The lowest BCUT2D eigenvalue weighted by Gasteiger charge is -1.98. The monoisotopic (exact) mass is 101 g/mol. The maximum Gasteiger partial charge on any atom is 0.193 e. The first-order valence-corrected chi connectivity index (χ1v) is 2.45. The van der Waals surface area contributed by atoms with Gasteiger partial charge in [-0.05, 0) is 13.8 Å². The summed E-state index contributed by atoms with van der Waals surface area (Å²) in [7, 11) is 0. The lowest BCUT2D eigenvalue weighted by Crippen LogP contribution is -2.24. The highest BCUT2D eigenvalue weighted by Crippen LogP contribution is 1.79. The zero-order valence-corrected chi connectivity index (χ0v) is 5.02. The smallest absolute Gasteiger partial charge is 0.193 e. The van der Waals surface area contributed by atoms with Crippen molar-refractivity contribution < 1.29 is 4.58 Å². The van der Waals surface area contributed by atoms with Crippen LogP contribution in [0.25, 0.3) is 0 Å². The Bertz CT molecular complexity index is 66.5. The minimum Gasteiger partial charge on any atom is -0.276 e. The van der Waals surface area contributed by atoms with Crippen LogP contribution in [0.4, 0.5) is 0 Å². The molecule has 0 aromatic heterocycles. The van der Waals surface area contributed by atoms with Gasteiger partial charge < -0.3 is 0 Å². The van der Waals surface area contributed by atoms with Crippen LogP contribution >= 0.6 is 0 Å². The molecule has 0 amide bonds. The minimum atomic E-state index is 0.463. The molecule has 0 rings (SSSR count). The van der Waals surface area contributed by atoms with Crippen molar-refractivity contribution in [3.63, 3.8) is 0 Å². The van der Waals surface area contributed by atoms with Gasteiger partial charge in [0.1, 0.15) is 12.8 Å². The van der Waals surface area contributed by atoms with Crippen LogP contribution in [0.1, 0.15) is 13.8 Å². The van der Waals surface area contributed by atoms with E-state index < -0.39 is 0 Å². The third kappa shape index (κ3) is 2.34. The highest BCUT2D eigenvalue weighted by atomic mass is 15.1. The maximum atomic E-state index is 5.24. The summed E-state index contributed by atoms with van der Waals surface area (Å²) >= 11 is 0. The summed E-state index contributed by atoms with van der Waals surface area (Å²) in [5, 5.41) is 0. The quantitative estimate of drug-likeness (QED) is 0.296. The Morgan fingerprint density at radius 2 is 2.14 bits per heavy atom. The molecule has 0 aliphatic rings. The molecule has 0 heterocycles. The molecule has 0 bridgehead atoms. The first kappa shape index (κ1) is 6.63. The van der Waals surface area contributed by atoms with E-state index in [1.807, 2.05) is 4.58 Å². The summed E-state index contributed by atoms with van der Waals surface area (Å²) in [4.78, 5) is 0. The van der Waals surface area contributed by atoms with Gasteiger partial charge in [0.2, 0.25) is 0 Å². The molecule has 0 spiro atoms. The number of rotatable bonds is 2. The van der Waals surface area contributed by atoms with E-state index >= 15 is 0 Å². The Hall–Kier alpha value is -0.370. The topological polar surface area (TPSA) is 29.0 Å². The standard InChI is InChI=1S/C5H13N2/c1-5(2)7(3)4-6/h5H,3-4,6H2,1-2H3/q+1. The van der Waals surface area contributed by atoms with Crippen LogP contribution in [0.15, 0.2) is 0 Å². The summed E-state index contributed by atoms with van der Waals surface area (Å²) in [6.45, 7) is 8.31. The second-order valence-corrected chi connectivity index (χ2v) is 1.87. The van der Waals surface area contributed by atoms with Gasteiger partial charge in [-0.3, -0.25) is 5.73 Å². The zero-order valence-electron chi connectivity index (χ0n) is 5.02. The van der Waals surface area contributed by atoms with Crippen molar-refractivity contribution in [1.82, 2.24) is 0 Å². The molecule has 0 atom stereocenters. The average Bonchev–Trinajstić information content (AvgIpc) is 1.65. The molecule has 0 unspecified atom stereocenters. The predicted molar refractivity (Wildman–Crippen MR) is 31.6 cm³/mol. The summed E-state index contributed by atoms with van der Waals surface area (Å²) in [6.07, 6.45) is 0. The highest BCUT2D eigenvalue weighted by molar-refractivity contribution is 5.14. The molecule has 0 aliphatic heterocycles. The van der Waals surface area contributed by atoms with Gasteiger partial charge in [-0.25, -0.2) is 4.58 Å². The van der Waals surface area contributed by atoms with Crippen LogP contribution in [-0.4, -0.2) is 24.0 Å². The maximum absolute atomic E-state index is 5.24. The van der Waals surface area contributed by atoms with Crippen molar-refractivity contribution in [2.75, 3.05) is 6.67 Å². The van der Waals surface area contributed by atoms with Crippen LogP contribution in [0.3, 0.4) is 0 Å². The van der Waals surface area contributed by atoms with Gasteiger partial charge in [0.25, 0.3) is 0 Å². The van der Waals surface area contributed by atoms with Gasteiger partial charge in [0.05, 0.1) is 0 Å². The van der Waals surface area contributed by atoms with Crippen molar-refractivity contribution in [3.05, 3.63) is 0 Å². The second kappa shape index (κ2) is 2.75. The van der Waals surface area contributed by atoms with E-state index in [-0.39, 0.29) is 0 Å². The average molecular weight is 101 g/mol. The van der Waals surface area contributed by atoms with Gasteiger partial charge >= 0.3 is 0 Å². The molecule has 0 radical (unpaired) electrons. The molecule has 2 N–H and O–H groups in total. The third-order valence-electron chi connectivity index (χ3n) is 0.965. The molecule has 0 aliphatic carbocycles. The molecule has 2 heteroatoms. The third-order valence-corrected chi connectivity index (χ3v) is 0.965. The molecule has 0 fully saturated rings. The molecule has 7 heavy (non-hydrogen) atoms. The van der Waals surface area contributed by atoms with E-state index in [9.17, 15) is 0 Å². The number of nitrogens with two attached hydrogens (primary N) is 1. The minimum absolute atomic E-state index is 0.463.